The van der Waals surface area contributed by atoms with Gasteiger partial charge in [-0.2, -0.15) is 0 Å². The normalized spacial score (nSPS) is 20.1. The van der Waals surface area contributed by atoms with Crippen LogP contribution in [-0.4, -0.2) is 9.38 Å². The summed E-state index contributed by atoms with van der Waals surface area (Å²) in [5, 5.41) is 2.45. The molecule has 0 saturated heterocycles. The lowest BCUT2D eigenvalue weighted by molar-refractivity contribution is 0.125. The molecule has 5 rings (SSSR count). The molecule has 0 N–H and O–H groups in total. The fraction of sp³-hybridized carbons (Fsp3) is 0.375. The van der Waals surface area contributed by atoms with Gasteiger partial charge in [-0.1, -0.05) is 65.8 Å². The van der Waals surface area contributed by atoms with Gasteiger partial charge in [-0.15, -0.1) is 0 Å². The van der Waals surface area contributed by atoms with E-state index < -0.39 is 0 Å². The highest BCUT2D eigenvalue weighted by Gasteiger charge is 2.56. The monoisotopic (exact) mass is 342 g/mol. The number of aromatic nitrogens is 2. The molecule has 2 aromatic heterocycles. The predicted octanol–water partition coefficient (Wildman–Crippen LogP) is 6.24. The van der Waals surface area contributed by atoms with Gasteiger partial charge in [0.25, 0.3) is 0 Å². The Kier molecular flexibility index (Phi) is 2.74. The third kappa shape index (κ3) is 1.61. The molecule has 4 aromatic rings. The van der Waals surface area contributed by atoms with Crippen LogP contribution < -0.4 is 0 Å². The van der Waals surface area contributed by atoms with Crippen molar-refractivity contribution in [1.82, 2.24) is 9.38 Å². The Bertz CT molecular complexity index is 1210. The third-order valence-electron chi connectivity index (χ3n) is 7.91. The van der Waals surface area contributed by atoms with Crippen LogP contribution in [0.2, 0.25) is 0 Å². The number of rotatable bonds is 0. The summed E-state index contributed by atoms with van der Waals surface area (Å²) in [7, 11) is 0. The minimum Gasteiger partial charge on any atom is -0.299 e. The van der Waals surface area contributed by atoms with Gasteiger partial charge >= 0.3 is 0 Å². The molecule has 0 atom stereocenters. The first-order valence-electron chi connectivity index (χ1n) is 9.51. The van der Waals surface area contributed by atoms with Crippen molar-refractivity contribution >= 4 is 27.5 Å². The fourth-order valence-electron chi connectivity index (χ4n) is 4.97. The lowest BCUT2D eigenvalue weighted by Gasteiger charge is -2.44. The van der Waals surface area contributed by atoms with Crippen LogP contribution in [0, 0.1) is 5.41 Å². The highest BCUT2D eigenvalue weighted by atomic mass is 15.0. The quantitative estimate of drug-likeness (QED) is 0.370. The number of fused-ring (bicyclic) bond motifs is 6. The molecule has 0 radical (unpaired) electrons. The Labute approximate surface area is 154 Å². The molecule has 2 nitrogen and oxygen atoms in total. The summed E-state index contributed by atoms with van der Waals surface area (Å²) in [5.41, 5.74) is 6.68. The molecule has 0 aliphatic heterocycles. The second-order valence-corrected chi connectivity index (χ2v) is 9.47. The van der Waals surface area contributed by atoms with E-state index in [9.17, 15) is 0 Å². The second-order valence-electron chi connectivity index (χ2n) is 9.47. The van der Waals surface area contributed by atoms with Crippen molar-refractivity contribution in [3.8, 4) is 0 Å². The molecule has 2 aromatic carbocycles. The third-order valence-corrected chi connectivity index (χ3v) is 7.91. The van der Waals surface area contributed by atoms with Crippen LogP contribution in [0.4, 0.5) is 0 Å². The van der Waals surface area contributed by atoms with Crippen LogP contribution in [0.1, 0.15) is 52.7 Å². The first-order valence-corrected chi connectivity index (χ1v) is 9.51. The molecule has 1 aliphatic rings. The molecular weight excluding hydrogens is 316 g/mol. The Balaban J connectivity index is 1.93. The van der Waals surface area contributed by atoms with Gasteiger partial charge in [-0.25, -0.2) is 4.98 Å². The average molecular weight is 342 g/mol. The second kappa shape index (κ2) is 4.49. The minimum atomic E-state index is 0.109. The number of hydrogen-bond donors (Lipinski definition) is 0. The lowest BCUT2D eigenvalue weighted by Crippen LogP contribution is -2.42. The Hall–Kier alpha value is -2.35. The van der Waals surface area contributed by atoms with Crippen molar-refractivity contribution in [3.63, 3.8) is 0 Å². The van der Waals surface area contributed by atoms with Crippen LogP contribution >= 0.6 is 0 Å². The summed E-state index contributed by atoms with van der Waals surface area (Å²) < 4.78 is 2.26. The maximum atomic E-state index is 5.04. The maximum Gasteiger partial charge on any atom is 0.145 e. The van der Waals surface area contributed by atoms with E-state index in [4.69, 9.17) is 4.98 Å². The molecule has 2 heterocycles. The van der Waals surface area contributed by atoms with Gasteiger partial charge in [0, 0.05) is 11.6 Å². The van der Waals surface area contributed by atoms with E-state index >= 15 is 0 Å². The molecule has 1 aliphatic carbocycles. The first kappa shape index (κ1) is 15.9. The summed E-state index contributed by atoms with van der Waals surface area (Å²) in [6.45, 7) is 14.4. The Morgan fingerprint density at radius 2 is 1.46 bits per heavy atom. The molecular formula is C24H26N2. The van der Waals surface area contributed by atoms with E-state index in [0.29, 0.717) is 0 Å². The van der Waals surface area contributed by atoms with E-state index in [1.165, 1.54) is 27.4 Å². The zero-order valence-corrected chi connectivity index (χ0v) is 16.5. The molecule has 0 fully saturated rings. The van der Waals surface area contributed by atoms with E-state index in [2.05, 4.69) is 94.6 Å². The molecule has 2 heteroatoms. The average Bonchev–Trinajstić information content (AvgIpc) is 3.02. The van der Waals surface area contributed by atoms with Crippen molar-refractivity contribution in [2.24, 2.45) is 5.41 Å². The van der Waals surface area contributed by atoms with E-state index in [1.54, 1.807) is 0 Å². The summed E-state index contributed by atoms with van der Waals surface area (Å²) in [5.74, 6) is 0. The van der Waals surface area contributed by atoms with Crippen molar-refractivity contribution < 1.29 is 0 Å². The standard InChI is InChI=1S/C24H26N2/c1-22(2)17-13-19-20(14-18(17)23(3,4)24(22,5)6)26-12-11-15-9-7-8-10-16(15)21(26)25-19/h7-14H,1-6H3. The van der Waals surface area contributed by atoms with E-state index in [0.717, 1.165) is 11.2 Å². The highest BCUT2D eigenvalue weighted by molar-refractivity contribution is 5.98. The van der Waals surface area contributed by atoms with Crippen molar-refractivity contribution in [2.75, 3.05) is 0 Å². The summed E-state index contributed by atoms with van der Waals surface area (Å²) in [4.78, 5) is 5.04. The number of hydrogen-bond acceptors (Lipinski definition) is 1. The summed E-state index contributed by atoms with van der Waals surface area (Å²) in [6.07, 6.45) is 2.16. The minimum absolute atomic E-state index is 0.109. The lowest BCUT2D eigenvalue weighted by atomic mass is 9.59. The summed E-state index contributed by atoms with van der Waals surface area (Å²) in [6, 6.07) is 15.4. The van der Waals surface area contributed by atoms with E-state index in [-0.39, 0.29) is 16.2 Å². The zero-order valence-electron chi connectivity index (χ0n) is 16.5. The topological polar surface area (TPSA) is 17.3 Å². The fourth-order valence-corrected chi connectivity index (χ4v) is 4.97. The number of benzene rings is 2. The van der Waals surface area contributed by atoms with Crippen LogP contribution in [0.15, 0.2) is 48.7 Å². The molecule has 26 heavy (non-hydrogen) atoms. The predicted molar refractivity (Wildman–Crippen MR) is 110 cm³/mol. The van der Waals surface area contributed by atoms with Gasteiger partial charge in [-0.05, 0) is 51.0 Å². The molecule has 0 unspecified atom stereocenters. The smallest absolute Gasteiger partial charge is 0.145 e. The molecule has 132 valence electrons. The van der Waals surface area contributed by atoms with Crippen LogP contribution in [0.25, 0.3) is 27.5 Å². The first-order chi connectivity index (χ1) is 12.2. The zero-order chi connectivity index (χ0) is 18.5. The summed E-state index contributed by atoms with van der Waals surface area (Å²) >= 11 is 0. The van der Waals surface area contributed by atoms with Crippen LogP contribution in [-0.2, 0) is 10.8 Å². The van der Waals surface area contributed by atoms with Crippen LogP contribution in [0.3, 0.4) is 0 Å². The number of imidazole rings is 1. The van der Waals surface area contributed by atoms with Crippen molar-refractivity contribution in [1.29, 1.82) is 0 Å². The van der Waals surface area contributed by atoms with Gasteiger partial charge in [0.1, 0.15) is 5.65 Å². The van der Waals surface area contributed by atoms with E-state index in [1.807, 2.05) is 0 Å². The van der Waals surface area contributed by atoms with Crippen molar-refractivity contribution in [2.45, 2.75) is 52.4 Å². The van der Waals surface area contributed by atoms with Gasteiger partial charge in [0.05, 0.1) is 11.0 Å². The molecule has 0 amide bonds. The largest absolute Gasteiger partial charge is 0.299 e. The number of pyridine rings is 1. The van der Waals surface area contributed by atoms with Gasteiger partial charge in [-0.3, -0.25) is 4.40 Å². The molecule has 0 saturated carbocycles. The van der Waals surface area contributed by atoms with Gasteiger partial charge in [0.15, 0.2) is 0 Å². The molecule has 0 bridgehead atoms. The Morgan fingerprint density at radius 3 is 2.19 bits per heavy atom. The van der Waals surface area contributed by atoms with Gasteiger partial charge < -0.3 is 0 Å². The van der Waals surface area contributed by atoms with Crippen molar-refractivity contribution in [3.05, 3.63) is 59.8 Å². The molecule has 0 spiro atoms. The van der Waals surface area contributed by atoms with Gasteiger partial charge in [0.2, 0.25) is 0 Å². The number of nitrogens with zero attached hydrogens (tertiary/aromatic N) is 2. The SMILES string of the molecule is CC1(C)c2cc3nc4c5ccccc5ccn4c3cc2C(C)(C)C1(C)C. The maximum absolute atomic E-state index is 5.04. The van der Waals surface area contributed by atoms with Crippen LogP contribution in [0.5, 0.6) is 0 Å². The Morgan fingerprint density at radius 1 is 0.808 bits per heavy atom. The highest BCUT2D eigenvalue weighted by Crippen LogP contribution is 2.61.